The lowest BCUT2D eigenvalue weighted by Crippen LogP contribution is -2.42. The summed E-state index contributed by atoms with van der Waals surface area (Å²) >= 11 is 0. The van der Waals surface area contributed by atoms with Gasteiger partial charge in [0.05, 0.1) is 6.54 Å². The number of urea groups is 1. The van der Waals surface area contributed by atoms with Crippen molar-refractivity contribution >= 4 is 11.9 Å². The fourth-order valence-corrected chi connectivity index (χ4v) is 1.03. The van der Waals surface area contributed by atoms with Gasteiger partial charge in [0.15, 0.2) is 0 Å². The Balaban J connectivity index is 3.71. The van der Waals surface area contributed by atoms with Crippen LogP contribution in [0.15, 0.2) is 0 Å². The van der Waals surface area contributed by atoms with E-state index in [-0.39, 0.29) is 12.5 Å². The Kier molecular flexibility index (Phi) is 6.70. The summed E-state index contributed by atoms with van der Waals surface area (Å²) in [6.07, 6.45) is 1.05. The second-order valence-electron chi connectivity index (χ2n) is 4.05. The lowest BCUT2D eigenvalue weighted by Gasteiger charge is -2.16. The van der Waals surface area contributed by atoms with E-state index in [4.69, 9.17) is 0 Å². The van der Waals surface area contributed by atoms with E-state index in [1.54, 1.807) is 0 Å². The zero-order valence-corrected chi connectivity index (χ0v) is 9.96. The second-order valence-corrected chi connectivity index (χ2v) is 4.05. The molecule has 0 atom stereocenters. The highest BCUT2D eigenvalue weighted by Crippen LogP contribution is 1.99. The highest BCUT2D eigenvalue weighted by atomic mass is 16.2. The molecule has 3 amide bonds. The van der Waals surface area contributed by atoms with Crippen molar-refractivity contribution in [2.75, 3.05) is 27.2 Å². The van der Waals surface area contributed by atoms with Crippen LogP contribution in [0.5, 0.6) is 0 Å². The van der Waals surface area contributed by atoms with Crippen molar-refractivity contribution in [2.45, 2.75) is 20.3 Å². The molecule has 0 unspecified atom stereocenters. The first-order valence-corrected chi connectivity index (χ1v) is 5.15. The maximum Gasteiger partial charge on any atom is 0.321 e. The number of likely N-dealkylation sites (N-methyl/N-ethyl adjacent to an activating group) is 1. The van der Waals surface area contributed by atoms with Crippen molar-refractivity contribution in [1.82, 2.24) is 15.5 Å². The van der Waals surface area contributed by atoms with Crippen LogP contribution in [0, 0.1) is 5.92 Å². The third-order valence-corrected chi connectivity index (χ3v) is 1.98. The highest BCUT2D eigenvalue weighted by Gasteiger charge is 2.09. The zero-order valence-electron chi connectivity index (χ0n) is 9.96. The molecule has 5 nitrogen and oxygen atoms in total. The van der Waals surface area contributed by atoms with E-state index in [0.717, 1.165) is 13.0 Å². The Morgan fingerprint density at radius 2 is 1.93 bits per heavy atom. The lowest BCUT2D eigenvalue weighted by molar-refractivity contribution is -0.120. The van der Waals surface area contributed by atoms with Crippen LogP contribution in [-0.2, 0) is 4.79 Å². The summed E-state index contributed by atoms with van der Waals surface area (Å²) in [5.41, 5.74) is 0. The fourth-order valence-electron chi connectivity index (χ4n) is 1.03. The van der Waals surface area contributed by atoms with E-state index < -0.39 is 6.03 Å². The van der Waals surface area contributed by atoms with Gasteiger partial charge in [0.2, 0.25) is 5.91 Å². The van der Waals surface area contributed by atoms with Crippen LogP contribution >= 0.6 is 0 Å². The van der Waals surface area contributed by atoms with Gasteiger partial charge in [-0.3, -0.25) is 15.0 Å². The monoisotopic (exact) mass is 215 g/mol. The Labute approximate surface area is 91.2 Å². The number of nitrogens with zero attached hydrogens (tertiary/aromatic N) is 1. The smallest absolute Gasteiger partial charge is 0.321 e. The molecular formula is C10H21N3O2. The molecule has 0 aliphatic rings. The number of carbonyl (C=O) groups excluding carboxylic acids is 2. The molecule has 88 valence electrons. The second kappa shape index (κ2) is 7.23. The summed E-state index contributed by atoms with van der Waals surface area (Å²) < 4.78 is 0. The van der Waals surface area contributed by atoms with Crippen molar-refractivity contribution in [3.63, 3.8) is 0 Å². The molecule has 0 saturated heterocycles. The Bertz CT molecular complexity index is 217. The molecule has 2 N–H and O–H groups in total. The first kappa shape index (κ1) is 13.9. The molecule has 0 bridgehead atoms. The van der Waals surface area contributed by atoms with Gasteiger partial charge >= 0.3 is 6.03 Å². The zero-order chi connectivity index (χ0) is 11.8. The Hall–Kier alpha value is -1.10. The minimum atomic E-state index is -0.461. The normalized spacial score (nSPS) is 10.5. The van der Waals surface area contributed by atoms with Crippen molar-refractivity contribution in [1.29, 1.82) is 0 Å². The molecular weight excluding hydrogens is 194 g/mol. The van der Waals surface area contributed by atoms with Crippen molar-refractivity contribution < 1.29 is 9.59 Å². The number of amides is 3. The molecule has 15 heavy (non-hydrogen) atoms. The summed E-state index contributed by atoms with van der Waals surface area (Å²) in [7, 11) is 3.34. The van der Waals surface area contributed by atoms with E-state index in [2.05, 4.69) is 24.5 Å². The molecule has 0 heterocycles. The van der Waals surface area contributed by atoms with E-state index >= 15 is 0 Å². The fraction of sp³-hybridized carbons (Fsp3) is 0.800. The molecule has 0 spiro atoms. The molecule has 0 aliphatic heterocycles. The van der Waals surface area contributed by atoms with Crippen LogP contribution in [0.25, 0.3) is 0 Å². The number of rotatable bonds is 5. The molecule has 0 saturated carbocycles. The van der Waals surface area contributed by atoms with Gasteiger partial charge in [-0.1, -0.05) is 13.8 Å². The van der Waals surface area contributed by atoms with Crippen LogP contribution in [0.3, 0.4) is 0 Å². The van der Waals surface area contributed by atoms with Crippen LogP contribution in [0.2, 0.25) is 0 Å². The highest BCUT2D eigenvalue weighted by molar-refractivity contribution is 5.95. The lowest BCUT2D eigenvalue weighted by atomic mass is 10.1. The van der Waals surface area contributed by atoms with Crippen molar-refractivity contribution in [3.05, 3.63) is 0 Å². The van der Waals surface area contributed by atoms with Gasteiger partial charge in [-0.25, -0.2) is 4.79 Å². The van der Waals surface area contributed by atoms with Crippen LogP contribution in [0.4, 0.5) is 4.79 Å². The van der Waals surface area contributed by atoms with E-state index in [9.17, 15) is 9.59 Å². The summed E-state index contributed by atoms with van der Waals surface area (Å²) in [5, 5.41) is 4.55. The average Bonchev–Trinajstić information content (AvgIpc) is 2.14. The first-order valence-electron chi connectivity index (χ1n) is 5.15. The Morgan fingerprint density at radius 1 is 1.33 bits per heavy atom. The van der Waals surface area contributed by atoms with E-state index in [1.165, 1.54) is 7.05 Å². The predicted molar refractivity (Wildman–Crippen MR) is 59.6 cm³/mol. The largest absolute Gasteiger partial charge is 0.341 e. The minimum absolute atomic E-state index is 0.250. The molecule has 0 aromatic carbocycles. The first-order chi connectivity index (χ1) is 6.95. The molecule has 0 aliphatic carbocycles. The molecule has 5 heteroatoms. The maximum atomic E-state index is 11.3. The van der Waals surface area contributed by atoms with Gasteiger partial charge < -0.3 is 5.32 Å². The molecule has 0 aromatic heterocycles. The van der Waals surface area contributed by atoms with Crippen molar-refractivity contribution in [2.24, 2.45) is 5.92 Å². The Morgan fingerprint density at radius 3 is 2.40 bits per heavy atom. The van der Waals surface area contributed by atoms with Gasteiger partial charge in [-0.2, -0.15) is 0 Å². The third kappa shape index (κ3) is 7.93. The number of nitrogens with one attached hydrogen (secondary N) is 2. The standard InChI is InChI=1S/C10H21N3O2/c1-8(2)5-6-13(4)7-9(14)12-10(15)11-3/h8H,5-7H2,1-4H3,(H2,11,12,14,15). The minimum Gasteiger partial charge on any atom is -0.341 e. The number of imide groups is 1. The van der Waals surface area contributed by atoms with Gasteiger partial charge in [-0.15, -0.1) is 0 Å². The summed E-state index contributed by atoms with van der Waals surface area (Å²) in [4.78, 5) is 24.0. The summed E-state index contributed by atoms with van der Waals surface area (Å²) in [6, 6.07) is -0.461. The van der Waals surface area contributed by atoms with Crippen LogP contribution in [-0.4, -0.2) is 44.0 Å². The van der Waals surface area contributed by atoms with E-state index in [0.29, 0.717) is 5.92 Å². The number of hydrogen-bond donors (Lipinski definition) is 2. The number of carbonyl (C=O) groups is 2. The van der Waals surface area contributed by atoms with Crippen LogP contribution < -0.4 is 10.6 Å². The SMILES string of the molecule is CNC(=O)NC(=O)CN(C)CCC(C)C. The molecule has 0 rings (SSSR count). The predicted octanol–water partition coefficient (Wildman–Crippen LogP) is 0.420. The molecule has 0 radical (unpaired) electrons. The van der Waals surface area contributed by atoms with Gasteiger partial charge in [0.25, 0.3) is 0 Å². The quantitative estimate of drug-likeness (QED) is 0.698. The molecule has 0 fully saturated rings. The summed E-state index contributed by atoms with van der Waals surface area (Å²) in [6.45, 7) is 5.38. The maximum absolute atomic E-state index is 11.3. The average molecular weight is 215 g/mol. The van der Waals surface area contributed by atoms with Gasteiger partial charge in [0, 0.05) is 7.05 Å². The topological polar surface area (TPSA) is 61.4 Å². The van der Waals surface area contributed by atoms with Gasteiger partial charge in [-0.05, 0) is 25.9 Å². The van der Waals surface area contributed by atoms with E-state index in [1.807, 2.05) is 11.9 Å². The summed E-state index contributed by atoms with van der Waals surface area (Å²) in [5.74, 6) is 0.343. The molecule has 0 aromatic rings. The third-order valence-electron chi connectivity index (χ3n) is 1.98. The van der Waals surface area contributed by atoms with Crippen molar-refractivity contribution in [3.8, 4) is 0 Å². The van der Waals surface area contributed by atoms with Gasteiger partial charge in [0.1, 0.15) is 0 Å². The number of hydrogen-bond acceptors (Lipinski definition) is 3. The van der Waals surface area contributed by atoms with Crippen LogP contribution in [0.1, 0.15) is 20.3 Å².